The lowest BCUT2D eigenvalue weighted by molar-refractivity contribution is 0.472. The lowest BCUT2D eigenvalue weighted by Gasteiger charge is -2.20. The maximum Gasteiger partial charge on any atom is 0.0162 e. The van der Waals surface area contributed by atoms with Crippen LogP contribution in [0.3, 0.4) is 0 Å². The Morgan fingerprint density at radius 3 is 2.88 bits per heavy atom. The van der Waals surface area contributed by atoms with Gasteiger partial charge in [0, 0.05) is 6.54 Å². The van der Waals surface area contributed by atoms with E-state index in [1.54, 1.807) is 0 Å². The van der Waals surface area contributed by atoms with E-state index in [0.29, 0.717) is 0 Å². The lowest BCUT2D eigenvalue weighted by atomic mass is 9.99. The van der Waals surface area contributed by atoms with Gasteiger partial charge in [-0.05, 0) is 18.9 Å². The quantitative estimate of drug-likeness (QED) is 0.463. The van der Waals surface area contributed by atoms with Gasteiger partial charge in [-0.15, -0.1) is 0 Å². The summed E-state index contributed by atoms with van der Waals surface area (Å²) in [6.45, 7) is 8.35. The molecule has 1 saturated heterocycles. The molecule has 0 bridgehead atoms. The minimum atomic E-state index is 0.802. The van der Waals surface area contributed by atoms with Crippen molar-refractivity contribution >= 4 is 0 Å². The van der Waals surface area contributed by atoms with E-state index in [-0.39, 0.29) is 0 Å². The van der Waals surface area contributed by atoms with E-state index in [1.807, 2.05) is 0 Å². The number of piperidine rings is 1. The molecular formula is C7H13N. The smallest absolute Gasteiger partial charge is 0.0162 e. The third-order valence-electron chi connectivity index (χ3n) is 1.50. The maximum atomic E-state index is 3.90. The molecule has 1 heterocycles. The molecule has 46 valence electrons. The van der Waals surface area contributed by atoms with Crippen LogP contribution in [-0.2, 0) is 0 Å². The first kappa shape index (κ1) is 5.83. The van der Waals surface area contributed by atoms with Gasteiger partial charge >= 0.3 is 0 Å². The average molecular weight is 111 g/mol. The van der Waals surface area contributed by atoms with Crippen molar-refractivity contribution in [2.45, 2.75) is 13.3 Å². The molecule has 1 atom stereocenters. The molecule has 0 saturated carbocycles. The van der Waals surface area contributed by atoms with Gasteiger partial charge in [0.25, 0.3) is 0 Å². The van der Waals surface area contributed by atoms with Crippen LogP contribution in [0.15, 0.2) is 12.2 Å². The Morgan fingerprint density at radius 1 is 1.75 bits per heavy atom. The molecule has 1 unspecified atom stereocenters. The summed E-state index contributed by atoms with van der Waals surface area (Å²) in [7, 11) is 0. The maximum absolute atomic E-state index is 3.90. The van der Waals surface area contributed by atoms with Crippen molar-refractivity contribution < 1.29 is 0 Å². The van der Waals surface area contributed by atoms with Crippen molar-refractivity contribution in [2.24, 2.45) is 5.92 Å². The van der Waals surface area contributed by atoms with E-state index >= 15 is 0 Å². The number of rotatable bonds is 0. The van der Waals surface area contributed by atoms with Crippen LogP contribution in [0.4, 0.5) is 0 Å². The number of hydrogen-bond donors (Lipinski definition) is 1. The Hall–Kier alpha value is -0.300. The zero-order chi connectivity index (χ0) is 5.98. The molecule has 1 aliphatic rings. The first-order chi connectivity index (χ1) is 3.79. The predicted octanol–water partition coefficient (Wildman–Crippen LogP) is 1.17. The van der Waals surface area contributed by atoms with Crippen LogP contribution in [-0.4, -0.2) is 13.1 Å². The summed E-state index contributed by atoms with van der Waals surface area (Å²) < 4.78 is 0. The zero-order valence-corrected chi connectivity index (χ0v) is 5.41. The van der Waals surface area contributed by atoms with Gasteiger partial charge in [-0.3, -0.25) is 0 Å². The van der Waals surface area contributed by atoms with Crippen LogP contribution in [0.5, 0.6) is 0 Å². The number of hydrogen-bond acceptors (Lipinski definition) is 1. The first-order valence-electron chi connectivity index (χ1n) is 3.16. The van der Waals surface area contributed by atoms with Crippen LogP contribution in [0.25, 0.3) is 0 Å². The second-order valence-electron chi connectivity index (χ2n) is 2.69. The summed E-state index contributed by atoms with van der Waals surface area (Å²) in [6, 6.07) is 0. The summed E-state index contributed by atoms with van der Waals surface area (Å²) >= 11 is 0. The third kappa shape index (κ3) is 1.34. The molecule has 0 aromatic rings. The van der Waals surface area contributed by atoms with E-state index in [4.69, 9.17) is 0 Å². The minimum absolute atomic E-state index is 0.802. The standard InChI is InChI=1S/C7H13N/c1-6-3-7(2)5-8-4-6/h7-8H,1,3-5H2,2H3. The van der Waals surface area contributed by atoms with E-state index < -0.39 is 0 Å². The van der Waals surface area contributed by atoms with Crippen molar-refractivity contribution in [1.29, 1.82) is 0 Å². The molecule has 1 nitrogen and oxygen atoms in total. The fraction of sp³-hybridized carbons (Fsp3) is 0.714. The minimum Gasteiger partial charge on any atom is -0.313 e. The zero-order valence-electron chi connectivity index (χ0n) is 5.41. The summed E-state index contributed by atoms with van der Waals surface area (Å²) in [5.74, 6) is 0.802. The normalized spacial score (nSPS) is 30.6. The highest BCUT2D eigenvalue weighted by atomic mass is 14.9. The Kier molecular flexibility index (Phi) is 1.69. The van der Waals surface area contributed by atoms with Gasteiger partial charge in [0.15, 0.2) is 0 Å². The van der Waals surface area contributed by atoms with E-state index in [2.05, 4.69) is 18.8 Å². The molecule has 0 amide bonds. The van der Waals surface area contributed by atoms with Crippen LogP contribution in [0.1, 0.15) is 13.3 Å². The monoisotopic (exact) mass is 111 g/mol. The van der Waals surface area contributed by atoms with Gasteiger partial charge in [-0.2, -0.15) is 0 Å². The highest BCUT2D eigenvalue weighted by molar-refractivity contribution is 5.01. The third-order valence-corrected chi connectivity index (χ3v) is 1.50. The van der Waals surface area contributed by atoms with Gasteiger partial charge in [0.1, 0.15) is 0 Å². The van der Waals surface area contributed by atoms with Crippen LogP contribution in [0.2, 0.25) is 0 Å². The van der Waals surface area contributed by atoms with Crippen molar-refractivity contribution in [3.05, 3.63) is 12.2 Å². The van der Waals surface area contributed by atoms with Crippen molar-refractivity contribution in [2.75, 3.05) is 13.1 Å². The van der Waals surface area contributed by atoms with Crippen molar-refractivity contribution in [1.82, 2.24) is 5.32 Å². The first-order valence-corrected chi connectivity index (χ1v) is 3.16. The SMILES string of the molecule is C=C1CNCC(C)C1. The van der Waals surface area contributed by atoms with Crippen molar-refractivity contribution in [3.8, 4) is 0 Å². The fourth-order valence-corrected chi connectivity index (χ4v) is 1.13. The summed E-state index contributed by atoms with van der Waals surface area (Å²) in [5.41, 5.74) is 1.35. The van der Waals surface area contributed by atoms with Crippen LogP contribution in [0, 0.1) is 5.92 Å². The summed E-state index contributed by atoms with van der Waals surface area (Å²) in [4.78, 5) is 0. The second kappa shape index (κ2) is 2.31. The van der Waals surface area contributed by atoms with Crippen molar-refractivity contribution in [3.63, 3.8) is 0 Å². The molecule has 0 aromatic carbocycles. The highest BCUT2D eigenvalue weighted by Gasteiger charge is 2.08. The topological polar surface area (TPSA) is 12.0 Å². The van der Waals surface area contributed by atoms with Gasteiger partial charge in [0.2, 0.25) is 0 Å². The average Bonchev–Trinajstić information content (AvgIpc) is 1.64. The predicted molar refractivity (Wildman–Crippen MR) is 35.8 cm³/mol. The largest absolute Gasteiger partial charge is 0.313 e. The summed E-state index contributed by atoms with van der Waals surface area (Å²) in [5, 5.41) is 3.28. The number of nitrogens with one attached hydrogen (secondary N) is 1. The Labute approximate surface area is 50.8 Å². The Balaban J connectivity index is 2.34. The molecule has 0 aliphatic carbocycles. The Bertz CT molecular complexity index is 96.6. The molecule has 0 aromatic heterocycles. The molecule has 1 N–H and O–H groups in total. The van der Waals surface area contributed by atoms with Gasteiger partial charge < -0.3 is 5.32 Å². The van der Waals surface area contributed by atoms with Crippen LogP contribution < -0.4 is 5.32 Å². The van der Waals surface area contributed by atoms with E-state index in [9.17, 15) is 0 Å². The molecule has 0 radical (unpaired) electrons. The van der Waals surface area contributed by atoms with Gasteiger partial charge in [0.05, 0.1) is 0 Å². The van der Waals surface area contributed by atoms with E-state index in [0.717, 1.165) is 12.5 Å². The lowest BCUT2D eigenvalue weighted by Crippen LogP contribution is -2.29. The van der Waals surface area contributed by atoms with Gasteiger partial charge in [-0.25, -0.2) is 0 Å². The van der Waals surface area contributed by atoms with Crippen LogP contribution >= 0.6 is 0 Å². The molecule has 1 aliphatic heterocycles. The summed E-state index contributed by atoms with van der Waals surface area (Å²) in [6.07, 6.45) is 1.22. The Morgan fingerprint density at radius 2 is 2.50 bits per heavy atom. The molecule has 1 rings (SSSR count). The fourth-order valence-electron chi connectivity index (χ4n) is 1.13. The highest BCUT2D eigenvalue weighted by Crippen LogP contribution is 2.11. The van der Waals surface area contributed by atoms with Gasteiger partial charge in [-0.1, -0.05) is 19.1 Å². The molecule has 0 spiro atoms. The van der Waals surface area contributed by atoms with E-state index in [1.165, 1.54) is 18.5 Å². The molecular weight excluding hydrogens is 98.1 g/mol. The molecule has 8 heavy (non-hydrogen) atoms. The molecule has 1 fully saturated rings. The molecule has 1 heteroatoms. The second-order valence-corrected chi connectivity index (χ2v) is 2.69.